The van der Waals surface area contributed by atoms with Gasteiger partial charge >= 0.3 is 5.97 Å². The maximum Gasteiger partial charge on any atom is 0.325 e. The van der Waals surface area contributed by atoms with Gasteiger partial charge in [0.1, 0.15) is 12.2 Å². The summed E-state index contributed by atoms with van der Waals surface area (Å²) in [6.45, 7) is 1.70. The molecule has 9 heteroatoms. The van der Waals surface area contributed by atoms with E-state index >= 15 is 0 Å². The maximum atomic E-state index is 12.0. The minimum atomic E-state index is -1.01. The smallest absolute Gasteiger partial charge is 0.325 e. The highest BCUT2D eigenvalue weighted by atomic mass is 16.4. The van der Waals surface area contributed by atoms with E-state index in [4.69, 9.17) is 5.11 Å². The van der Waals surface area contributed by atoms with Crippen LogP contribution in [0.4, 0.5) is 0 Å². The van der Waals surface area contributed by atoms with Crippen LogP contribution in [0.25, 0.3) is 0 Å². The van der Waals surface area contributed by atoms with E-state index in [1.807, 2.05) is 0 Å². The molecule has 0 aromatic carbocycles. The van der Waals surface area contributed by atoms with E-state index in [0.29, 0.717) is 5.69 Å². The van der Waals surface area contributed by atoms with E-state index in [0.717, 1.165) is 25.7 Å². The molecule has 1 aromatic heterocycles. The highest BCUT2D eigenvalue weighted by Gasteiger charge is 2.24. The van der Waals surface area contributed by atoms with Crippen LogP contribution in [0, 0.1) is 5.92 Å². The summed E-state index contributed by atoms with van der Waals surface area (Å²) in [4.78, 5) is 34.5. The summed E-state index contributed by atoms with van der Waals surface area (Å²) in [5.74, 6) is -1.10. The molecule has 1 atom stereocenters. The van der Waals surface area contributed by atoms with Crippen molar-refractivity contribution in [1.82, 2.24) is 25.6 Å². The first-order chi connectivity index (χ1) is 11.4. The minimum absolute atomic E-state index is 0.0319. The molecule has 0 radical (unpaired) electrons. The molecule has 0 bridgehead atoms. The largest absolute Gasteiger partial charge is 0.480 e. The lowest BCUT2D eigenvalue weighted by atomic mass is 10.1. The lowest BCUT2D eigenvalue weighted by Crippen LogP contribution is -2.39. The molecular formula is C15H23N5O4. The van der Waals surface area contributed by atoms with Crippen molar-refractivity contribution < 1.29 is 19.5 Å². The molecule has 1 aliphatic carbocycles. The van der Waals surface area contributed by atoms with Gasteiger partial charge in [-0.05, 0) is 19.8 Å². The molecule has 132 valence electrons. The second-order valence-electron chi connectivity index (χ2n) is 6.17. The van der Waals surface area contributed by atoms with Gasteiger partial charge in [0.2, 0.25) is 11.8 Å². The van der Waals surface area contributed by atoms with E-state index in [9.17, 15) is 14.4 Å². The number of hydrogen-bond donors (Lipinski definition) is 3. The van der Waals surface area contributed by atoms with E-state index in [1.54, 1.807) is 6.92 Å². The first-order valence-electron chi connectivity index (χ1n) is 8.12. The molecule has 1 aliphatic rings. The first-order valence-corrected chi connectivity index (χ1v) is 8.12. The molecule has 0 spiro atoms. The Balaban J connectivity index is 1.69. The molecule has 2 amide bonds. The van der Waals surface area contributed by atoms with Crippen molar-refractivity contribution in [2.24, 2.45) is 5.92 Å². The topological polar surface area (TPSA) is 126 Å². The van der Waals surface area contributed by atoms with Crippen LogP contribution in [0.3, 0.4) is 0 Å². The zero-order valence-corrected chi connectivity index (χ0v) is 13.7. The van der Waals surface area contributed by atoms with Gasteiger partial charge in [0.25, 0.3) is 0 Å². The number of aliphatic carboxylic acids is 1. The molecule has 1 unspecified atom stereocenters. The van der Waals surface area contributed by atoms with Crippen LogP contribution in [0.1, 0.15) is 44.7 Å². The van der Waals surface area contributed by atoms with Crippen LogP contribution >= 0.6 is 0 Å². The summed E-state index contributed by atoms with van der Waals surface area (Å²) in [7, 11) is 0. The van der Waals surface area contributed by atoms with Crippen molar-refractivity contribution in [2.45, 2.75) is 58.2 Å². The summed E-state index contributed by atoms with van der Waals surface area (Å²) >= 11 is 0. The Hall–Kier alpha value is -2.45. The molecule has 1 aromatic rings. The fraction of sp³-hybridized carbons (Fsp3) is 0.667. The Bertz CT molecular complexity index is 594. The SMILES string of the molecule is CC(CC(=O)NCc1cn(CC(=O)O)nn1)NC(=O)C1CCCC1. The number of nitrogens with one attached hydrogen (secondary N) is 2. The average molecular weight is 337 g/mol. The summed E-state index contributed by atoms with van der Waals surface area (Å²) in [5, 5.41) is 21.7. The fourth-order valence-corrected chi connectivity index (χ4v) is 2.77. The summed E-state index contributed by atoms with van der Waals surface area (Å²) in [5.41, 5.74) is 0.479. The number of carboxylic acids is 1. The highest BCUT2D eigenvalue weighted by molar-refractivity contribution is 5.81. The zero-order valence-electron chi connectivity index (χ0n) is 13.7. The van der Waals surface area contributed by atoms with E-state index in [-0.39, 0.29) is 43.3 Å². The second kappa shape index (κ2) is 8.42. The summed E-state index contributed by atoms with van der Waals surface area (Å²) < 4.78 is 1.19. The third-order valence-corrected chi connectivity index (χ3v) is 3.96. The lowest BCUT2D eigenvalue weighted by molar-refractivity contribution is -0.138. The molecule has 3 N–H and O–H groups in total. The van der Waals surface area contributed by atoms with E-state index in [1.165, 1.54) is 10.9 Å². The van der Waals surface area contributed by atoms with Crippen LogP contribution in [-0.4, -0.2) is 43.9 Å². The number of carboxylic acid groups (broad SMARTS) is 1. The van der Waals surface area contributed by atoms with Gasteiger partial charge in [-0.2, -0.15) is 0 Å². The van der Waals surface area contributed by atoms with Crippen molar-refractivity contribution in [2.75, 3.05) is 0 Å². The molecule has 2 rings (SSSR count). The standard InChI is InChI=1S/C15H23N5O4/c1-10(17-15(24)11-4-2-3-5-11)6-13(21)16-7-12-8-20(19-18-12)9-14(22)23/h8,10-11H,2-7,9H2,1H3,(H,16,21)(H,17,24)(H,22,23). The van der Waals surface area contributed by atoms with Gasteiger partial charge < -0.3 is 15.7 Å². The van der Waals surface area contributed by atoms with Crippen molar-refractivity contribution in [1.29, 1.82) is 0 Å². The first kappa shape index (κ1) is 17.9. The second-order valence-corrected chi connectivity index (χ2v) is 6.17. The molecule has 1 saturated carbocycles. The lowest BCUT2D eigenvalue weighted by Gasteiger charge is -2.16. The normalized spacial score (nSPS) is 15.9. The third-order valence-electron chi connectivity index (χ3n) is 3.96. The van der Waals surface area contributed by atoms with Crippen LogP contribution in [0.15, 0.2) is 6.20 Å². The third kappa shape index (κ3) is 5.64. The van der Waals surface area contributed by atoms with Crippen LogP contribution < -0.4 is 10.6 Å². The average Bonchev–Trinajstić information content (AvgIpc) is 3.15. The number of carbonyl (C=O) groups is 3. The van der Waals surface area contributed by atoms with Crippen LogP contribution in [0.5, 0.6) is 0 Å². The van der Waals surface area contributed by atoms with Gasteiger partial charge in [-0.25, -0.2) is 4.68 Å². The number of rotatable bonds is 8. The molecular weight excluding hydrogens is 314 g/mol. The summed E-state index contributed by atoms with van der Waals surface area (Å²) in [6.07, 6.45) is 5.69. The number of hydrogen-bond acceptors (Lipinski definition) is 5. The molecule has 0 aliphatic heterocycles. The quantitative estimate of drug-likeness (QED) is 0.616. The summed E-state index contributed by atoms with van der Waals surface area (Å²) in [6, 6.07) is -0.235. The molecule has 0 saturated heterocycles. The van der Waals surface area contributed by atoms with Gasteiger partial charge in [0, 0.05) is 18.4 Å². The van der Waals surface area contributed by atoms with E-state index in [2.05, 4.69) is 20.9 Å². The van der Waals surface area contributed by atoms with Gasteiger partial charge in [-0.1, -0.05) is 18.1 Å². The predicted octanol–water partition coefficient (Wildman–Crippen LogP) is 0.0639. The van der Waals surface area contributed by atoms with Gasteiger partial charge in [-0.3, -0.25) is 14.4 Å². The van der Waals surface area contributed by atoms with Gasteiger partial charge in [0.15, 0.2) is 0 Å². The Labute approximate surface area is 139 Å². The molecule has 1 fully saturated rings. The number of nitrogens with zero attached hydrogens (tertiary/aromatic N) is 3. The Morgan fingerprint density at radius 3 is 2.75 bits per heavy atom. The van der Waals surface area contributed by atoms with Gasteiger partial charge in [0.05, 0.1) is 12.7 Å². The minimum Gasteiger partial charge on any atom is -0.480 e. The number of amides is 2. The Morgan fingerprint density at radius 2 is 2.08 bits per heavy atom. The monoisotopic (exact) mass is 337 g/mol. The van der Waals surface area contributed by atoms with Crippen molar-refractivity contribution in [3.05, 3.63) is 11.9 Å². The zero-order chi connectivity index (χ0) is 17.5. The van der Waals surface area contributed by atoms with Crippen molar-refractivity contribution in [3.63, 3.8) is 0 Å². The number of aromatic nitrogens is 3. The Morgan fingerprint density at radius 1 is 1.38 bits per heavy atom. The maximum absolute atomic E-state index is 12.0. The van der Waals surface area contributed by atoms with Gasteiger partial charge in [-0.15, -0.1) is 5.10 Å². The molecule has 9 nitrogen and oxygen atoms in total. The highest BCUT2D eigenvalue weighted by Crippen LogP contribution is 2.24. The van der Waals surface area contributed by atoms with Crippen molar-refractivity contribution >= 4 is 17.8 Å². The Kier molecular flexibility index (Phi) is 6.28. The number of carbonyl (C=O) groups excluding carboxylic acids is 2. The van der Waals surface area contributed by atoms with Crippen LogP contribution in [-0.2, 0) is 27.5 Å². The molecule has 1 heterocycles. The fourth-order valence-electron chi connectivity index (χ4n) is 2.77. The van der Waals surface area contributed by atoms with E-state index < -0.39 is 5.97 Å². The van der Waals surface area contributed by atoms with Crippen LogP contribution in [0.2, 0.25) is 0 Å². The predicted molar refractivity (Wildman–Crippen MR) is 83.7 cm³/mol. The van der Waals surface area contributed by atoms with Crippen molar-refractivity contribution in [3.8, 4) is 0 Å². The molecule has 24 heavy (non-hydrogen) atoms.